The predicted octanol–water partition coefficient (Wildman–Crippen LogP) is 4.44. The number of hydrogen-bond acceptors (Lipinski definition) is 1. The molecule has 0 saturated carbocycles. The third-order valence-corrected chi connectivity index (χ3v) is 3.74. The van der Waals surface area contributed by atoms with E-state index in [1.165, 1.54) is 16.7 Å². The topological polar surface area (TPSA) is 17.1 Å². The van der Waals surface area contributed by atoms with E-state index < -0.39 is 0 Å². The Bertz CT molecular complexity index is 652. The molecule has 1 nitrogen and oxygen atoms in total. The van der Waals surface area contributed by atoms with Crippen LogP contribution in [-0.2, 0) is 0 Å². The Morgan fingerprint density at radius 2 is 1.95 bits per heavy atom. The molecule has 0 radical (unpaired) electrons. The van der Waals surface area contributed by atoms with Crippen molar-refractivity contribution in [2.75, 3.05) is 0 Å². The average molecular weight is 248 g/mol. The van der Waals surface area contributed by atoms with Crippen molar-refractivity contribution < 1.29 is 4.79 Å². The number of fused-ring (bicyclic) bond motifs is 1. The molecule has 0 saturated heterocycles. The maximum absolute atomic E-state index is 11.5. The predicted molar refractivity (Wildman–Crippen MR) is 78.4 cm³/mol. The molecule has 0 fully saturated rings. The third kappa shape index (κ3) is 2.24. The van der Waals surface area contributed by atoms with E-state index in [0.717, 1.165) is 12.0 Å². The summed E-state index contributed by atoms with van der Waals surface area (Å²) in [6, 6.07) is 16.5. The van der Waals surface area contributed by atoms with E-state index >= 15 is 0 Å². The van der Waals surface area contributed by atoms with Gasteiger partial charge in [-0.2, -0.15) is 0 Å². The van der Waals surface area contributed by atoms with Crippen molar-refractivity contribution in [2.24, 2.45) is 0 Å². The largest absolute Gasteiger partial charge is 0.295 e. The van der Waals surface area contributed by atoms with Crippen molar-refractivity contribution >= 4 is 11.9 Å². The zero-order chi connectivity index (χ0) is 13.2. The molecule has 1 aliphatic carbocycles. The lowest BCUT2D eigenvalue weighted by molar-refractivity contribution is 0.101. The highest BCUT2D eigenvalue weighted by molar-refractivity contribution is 5.94. The molecule has 19 heavy (non-hydrogen) atoms. The van der Waals surface area contributed by atoms with Crippen molar-refractivity contribution in [3.8, 4) is 0 Å². The zero-order valence-corrected chi connectivity index (χ0v) is 11.0. The summed E-state index contributed by atoms with van der Waals surface area (Å²) in [5, 5.41) is 0. The quantitative estimate of drug-likeness (QED) is 0.718. The first kappa shape index (κ1) is 11.9. The number of hydrogen-bond donors (Lipinski definition) is 0. The molecule has 2 aromatic carbocycles. The van der Waals surface area contributed by atoms with Gasteiger partial charge in [0, 0.05) is 11.5 Å². The fourth-order valence-electron chi connectivity index (χ4n) is 2.73. The molecule has 0 N–H and O–H groups in total. The van der Waals surface area contributed by atoms with Crippen LogP contribution in [-0.4, -0.2) is 5.78 Å². The van der Waals surface area contributed by atoms with Crippen molar-refractivity contribution in [3.05, 3.63) is 76.9 Å². The minimum absolute atomic E-state index is 0.126. The molecule has 1 heteroatoms. The van der Waals surface area contributed by atoms with Gasteiger partial charge in [-0.05, 0) is 36.1 Å². The van der Waals surface area contributed by atoms with Crippen molar-refractivity contribution in [2.45, 2.75) is 19.3 Å². The number of carbonyl (C=O) groups excluding carboxylic acids is 1. The first-order valence-electron chi connectivity index (χ1n) is 6.62. The second-order valence-electron chi connectivity index (χ2n) is 5.00. The monoisotopic (exact) mass is 248 g/mol. The minimum Gasteiger partial charge on any atom is -0.295 e. The fraction of sp³-hybridized carbons (Fsp3) is 0.167. The van der Waals surface area contributed by atoms with Gasteiger partial charge in [0.2, 0.25) is 0 Å². The van der Waals surface area contributed by atoms with E-state index in [4.69, 9.17) is 0 Å². The maximum Gasteiger partial charge on any atom is 0.159 e. The normalized spacial score (nSPS) is 17.0. The van der Waals surface area contributed by atoms with Gasteiger partial charge < -0.3 is 0 Å². The highest BCUT2D eigenvalue weighted by Gasteiger charge is 2.18. The van der Waals surface area contributed by atoms with Crippen LogP contribution >= 0.6 is 0 Å². The lowest BCUT2D eigenvalue weighted by Crippen LogP contribution is -2.06. The fourth-order valence-corrected chi connectivity index (χ4v) is 2.73. The van der Waals surface area contributed by atoms with Crippen molar-refractivity contribution in [1.29, 1.82) is 0 Å². The van der Waals surface area contributed by atoms with E-state index in [0.29, 0.717) is 5.92 Å². The van der Waals surface area contributed by atoms with Crippen molar-refractivity contribution in [1.82, 2.24) is 0 Å². The van der Waals surface area contributed by atoms with Gasteiger partial charge in [0.05, 0.1) is 0 Å². The number of rotatable bonds is 2. The smallest absolute Gasteiger partial charge is 0.159 e. The SMILES string of the molecule is CC(=O)c1cccc(C2CC=Cc3ccccc32)c1. The Labute approximate surface area is 113 Å². The summed E-state index contributed by atoms with van der Waals surface area (Å²) in [6.45, 7) is 1.62. The van der Waals surface area contributed by atoms with Crippen LogP contribution in [0.1, 0.15) is 46.3 Å². The molecule has 0 bridgehead atoms. The lowest BCUT2D eigenvalue weighted by atomic mass is 9.82. The number of ketones is 1. The van der Waals surface area contributed by atoms with Crippen LogP contribution in [0.5, 0.6) is 0 Å². The van der Waals surface area contributed by atoms with Crippen LogP contribution in [0.3, 0.4) is 0 Å². The van der Waals surface area contributed by atoms with E-state index in [2.05, 4.69) is 42.5 Å². The Hall–Kier alpha value is -2.15. The number of Topliss-reactive ketones (excluding diaryl/α,β-unsaturated/α-hetero) is 1. The Balaban J connectivity index is 2.06. The zero-order valence-electron chi connectivity index (χ0n) is 11.0. The second kappa shape index (κ2) is 4.85. The summed E-state index contributed by atoms with van der Waals surface area (Å²) < 4.78 is 0. The van der Waals surface area contributed by atoms with Crippen LogP contribution in [0.25, 0.3) is 6.08 Å². The first-order chi connectivity index (χ1) is 9.25. The summed E-state index contributed by atoms with van der Waals surface area (Å²) in [5.41, 5.74) is 4.66. The summed E-state index contributed by atoms with van der Waals surface area (Å²) in [4.78, 5) is 11.5. The molecule has 3 rings (SSSR count). The third-order valence-electron chi connectivity index (χ3n) is 3.74. The highest BCUT2D eigenvalue weighted by atomic mass is 16.1. The minimum atomic E-state index is 0.126. The highest BCUT2D eigenvalue weighted by Crippen LogP contribution is 2.35. The van der Waals surface area contributed by atoms with Gasteiger partial charge in [0.1, 0.15) is 0 Å². The van der Waals surface area contributed by atoms with Crippen LogP contribution in [0, 0.1) is 0 Å². The summed E-state index contributed by atoms with van der Waals surface area (Å²) in [6.07, 6.45) is 5.40. The standard InChI is InChI=1S/C18H16O/c1-13(19)15-8-4-9-16(12-15)18-11-5-7-14-6-2-3-10-17(14)18/h2-10,12,18H,11H2,1H3. The Morgan fingerprint density at radius 3 is 2.79 bits per heavy atom. The molecule has 0 aliphatic heterocycles. The van der Waals surface area contributed by atoms with E-state index in [-0.39, 0.29) is 5.78 Å². The van der Waals surface area contributed by atoms with E-state index in [1.54, 1.807) is 6.92 Å². The van der Waals surface area contributed by atoms with Gasteiger partial charge in [0.25, 0.3) is 0 Å². The summed E-state index contributed by atoms with van der Waals surface area (Å²) >= 11 is 0. The molecule has 2 aromatic rings. The van der Waals surface area contributed by atoms with Gasteiger partial charge in [-0.1, -0.05) is 54.6 Å². The van der Waals surface area contributed by atoms with Gasteiger partial charge in [-0.15, -0.1) is 0 Å². The van der Waals surface area contributed by atoms with Gasteiger partial charge in [0.15, 0.2) is 5.78 Å². The molecular weight excluding hydrogens is 232 g/mol. The van der Waals surface area contributed by atoms with Crippen LogP contribution in [0.2, 0.25) is 0 Å². The second-order valence-corrected chi connectivity index (χ2v) is 5.00. The lowest BCUT2D eigenvalue weighted by Gasteiger charge is -2.22. The van der Waals surface area contributed by atoms with Crippen LogP contribution in [0.15, 0.2) is 54.6 Å². The summed E-state index contributed by atoms with van der Waals surface area (Å²) in [5.74, 6) is 0.488. The van der Waals surface area contributed by atoms with Gasteiger partial charge in [-0.3, -0.25) is 4.79 Å². The molecule has 94 valence electrons. The van der Waals surface area contributed by atoms with Crippen LogP contribution in [0.4, 0.5) is 0 Å². The maximum atomic E-state index is 11.5. The average Bonchev–Trinajstić information content (AvgIpc) is 2.47. The van der Waals surface area contributed by atoms with E-state index in [9.17, 15) is 4.79 Å². The molecule has 1 unspecified atom stereocenters. The summed E-state index contributed by atoms with van der Waals surface area (Å²) in [7, 11) is 0. The van der Waals surface area contributed by atoms with Crippen LogP contribution < -0.4 is 0 Å². The molecular formula is C18H16O. The molecule has 0 amide bonds. The van der Waals surface area contributed by atoms with E-state index in [1.807, 2.05) is 18.2 Å². The van der Waals surface area contributed by atoms with Crippen molar-refractivity contribution in [3.63, 3.8) is 0 Å². The number of carbonyl (C=O) groups is 1. The van der Waals surface area contributed by atoms with Gasteiger partial charge in [-0.25, -0.2) is 0 Å². The molecule has 0 heterocycles. The first-order valence-corrected chi connectivity index (χ1v) is 6.62. The van der Waals surface area contributed by atoms with Gasteiger partial charge >= 0.3 is 0 Å². The molecule has 1 atom stereocenters. The number of benzene rings is 2. The molecule has 0 spiro atoms. The Kier molecular flexibility index (Phi) is 3.04. The molecule has 1 aliphatic rings. The Morgan fingerprint density at radius 1 is 1.11 bits per heavy atom. The number of allylic oxidation sites excluding steroid dienone is 1. The molecule has 0 aromatic heterocycles.